The molecule has 3 rings (SSSR count). The highest BCUT2D eigenvalue weighted by molar-refractivity contribution is 5.95. The number of ketones is 1. The lowest BCUT2D eigenvalue weighted by Gasteiger charge is -2.34. The van der Waals surface area contributed by atoms with Crippen LogP contribution in [0.2, 0.25) is 0 Å². The van der Waals surface area contributed by atoms with E-state index in [4.69, 9.17) is 0 Å². The first-order valence-electron chi connectivity index (χ1n) is 8.94. The molecule has 5 heteroatoms. The quantitative estimate of drug-likeness (QED) is 0.821. The Balaban J connectivity index is 1.52. The van der Waals surface area contributed by atoms with Crippen molar-refractivity contribution < 1.29 is 14.7 Å². The zero-order valence-corrected chi connectivity index (χ0v) is 14.9. The van der Waals surface area contributed by atoms with Crippen LogP contribution in [0.3, 0.4) is 0 Å². The number of rotatable bonds is 4. The van der Waals surface area contributed by atoms with E-state index in [9.17, 15) is 14.7 Å². The first-order chi connectivity index (χ1) is 12.5. The minimum absolute atomic E-state index is 0.00178. The van der Waals surface area contributed by atoms with Crippen LogP contribution in [0.25, 0.3) is 0 Å². The number of piperidine rings is 1. The molecule has 5 nitrogen and oxygen atoms in total. The van der Waals surface area contributed by atoms with Gasteiger partial charge in [-0.05, 0) is 55.5 Å². The first-order valence-corrected chi connectivity index (χ1v) is 8.94. The van der Waals surface area contributed by atoms with Gasteiger partial charge < -0.3 is 15.3 Å². The Bertz CT molecular complexity index is 751. The molecule has 2 amide bonds. The second-order valence-electron chi connectivity index (χ2n) is 6.74. The third-order valence-corrected chi connectivity index (χ3v) is 4.96. The summed E-state index contributed by atoms with van der Waals surface area (Å²) in [6.45, 7) is 2.75. The number of anilines is 1. The standard InChI is InChI=1S/C21H24N2O3/c1-15(24)16-7-9-19(10-8-16)22-21(26)23-13-11-18(12-14-23)20(25)17-5-3-2-4-6-17/h2-10,18,20,25H,11-14H2,1H3,(H,22,26). The van der Waals surface area contributed by atoms with Gasteiger partial charge in [0.1, 0.15) is 0 Å². The fraction of sp³-hybridized carbons (Fsp3) is 0.333. The molecule has 2 aromatic carbocycles. The van der Waals surface area contributed by atoms with Gasteiger partial charge in [0.2, 0.25) is 0 Å². The molecule has 0 aromatic heterocycles. The van der Waals surface area contributed by atoms with Crippen molar-refractivity contribution in [3.8, 4) is 0 Å². The van der Waals surface area contributed by atoms with E-state index in [1.54, 1.807) is 29.2 Å². The Kier molecular flexibility index (Phi) is 5.68. The number of Topliss-reactive ketones (excluding diaryl/α,β-unsaturated/α-hetero) is 1. The second kappa shape index (κ2) is 8.15. The van der Waals surface area contributed by atoms with Crippen molar-refractivity contribution in [2.45, 2.75) is 25.9 Å². The third-order valence-electron chi connectivity index (χ3n) is 4.96. The van der Waals surface area contributed by atoms with E-state index in [2.05, 4.69) is 5.32 Å². The van der Waals surface area contributed by atoms with Gasteiger partial charge in [-0.2, -0.15) is 0 Å². The molecular formula is C21H24N2O3. The second-order valence-corrected chi connectivity index (χ2v) is 6.74. The molecule has 1 fully saturated rings. The van der Waals surface area contributed by atoms with E-state index in [1.807, 2.05) is 30.3 Å². The largest absolute Gasteiger partial charge is 0.388 e. The summed E-state index contributed by atoms with van der Waals surface area (Å²) in [6.07, 6.45) is 1.06. The SMILES string of the molecule is CC(=O)c1ccc(NC(=O)N2CCC(C(O)c3ccccc3)CC2)cc1. The Hall–Kier alpha value is -2.66. The Morgan fingerprint density at radius 2 is 1.65 bits per heavy atom. The van der Waals surface area contributed by atoms with Crippen LogP contribution in [-0.4, -0.2) is 34.9 Å². The molecule has 1 heterocycles. The molecule has 1 unspecified atom stereocenters. The molecule has 0 spiro atoms. The summed E-state index contributed by atoms with van der Waals surface area (Å²) in [5.74, 6) is 0.165. The molecular weight excluding hydrogens is 328 g/mol. The van der Waals surface area contributed by atoms with Crippen LogP contribution < -0.4 is 5.32 Å². The summed E-state index contributed by atoms with van der Waals surface area (Å²) >= 11 is 0. The summed E-state index contributed by atoms with van der Waals surface area (Å²) in [6, 6.07) is 16.4. The van der Waals surface area contributed by atoms with Crippen LogP contribution in [0.4, 0.5) is 10.5 Å². The highest BCUT2D eigenvalue weighted by Crippen LogP contribution is 2.30. The Labute approximate surface area is 153 Å². The normalized spacial score (nSPS) is 16.2. The summed E-state index contributed by atoms with van der Waals surface area (Å²) < 4.78 is 0. The van der Waals surface area contributed by atoms with Gasteiger partial charge in [-0.3, -0.25) is 4.79 Å². The van der Waals surface area contributed by atoms with Crippen molar-refractivity contribution in [3.63, 3.8) is 0 Å². The van der Waals surface area contributed by atoms with E-state index in [-0.39, 0.29) is 17.7 Å². The van der Waals surface area contributed by atoms with Crippen molar-refractivity contribution in [3.05, 3.63) is 65.7 Å². The molecule has 0 bridgehead atoms. The molecule has 2 aromatic rings. The average molecular weight is 352 g/mol. The monoisotopic (exact) mass is 352 g/mol. The number of hydrogen-bond acceptors (Lipinski definition) is 3. The van der Waals surface area contributed by atoms with Crippen molar-refractivity contribution >= 4 is 17.5 Å². The smallest absolute Gasteiger partial charge is 0.321 e. The van der Waals surface area contributed by atoms with E-state index >= 15 is 0 Å². The highest BCUT2D eigenvalue weighted by Gasteiger charge is 2.28. The molecule has 2 N–H and O–H groups in total. The fourth-order valence-corrected chi connectivity index (χ4v) is 3.33. The zero-order chi connectivity index (χ0) is 18.5. The first kappa shape index (κ1) is 18.1. The maximum absolute atomic E-state index is 12.4. The van der Waals surface area contributed by atoms with E-state index in [0.29, 0.717) is 24.3 Å². The van der Waals surface area contributed by atoms with Gasteiger partial charge in [-0.25, -0.2) is 4.79 Å². The van der Waals surface area contributed by atoms with Gasteiger partial charge in [-0.15, -0.1) is 0 Å². The maximum Gasteiger partial charge on any atom is 0.321 e. The maximum atomic E-state index is 12.4. The van der Waals surface area contributed by atoms with Gasteiger partial charge in [0.05, 0.1) is 6.10 Å². The number of hydrogen-bond donors (Lipinski definition) is 2. The van der Waals surface area contributed by atoms with Crippen molar-refractivity contribution in [2.24, 2.45) is 5.92 Å². The summed E-state index contributed by atoms with van der Waals surface area (Å²) in [7, 11) is 0. The molecule has 1 aliphatic rings. The summed E-state index contributed by atoms with van der Waals surface area (Å²) in [5, 5.41) is 13.4. The highest BCUT2D eigenvalue weighted by atomic mass is 16.3. The van der Waals surface area contributed by atoms with E-state index < -0.39 is 6.10 Å². The number of nitrogens with one attached hydrogen (secondary N) is 1. The van der Waals surface area contributed by atoms with Crippen LogP contribution in [0, 0.1) is 5.92 Å². The summed E-state index contributed by atoms with van der Waals surface area (Å²) in [4.78, 5) is 25.5. The molecule has 136 valence electrons. The number of carbonyl (C=O) groups is 2. The van der Waals surface area contributed by atoms with Crippen LogP contribution in [0.5, 0.6) is 0 Å². The number of urea groups is 1. The Morgan fingerprint density at radius 3 is 2.23 bits per heavy atom. The van der Waals surface area contributed by atoms with Crippen LogP contribution in [0.15, 0.2) is 54.6 Å². The lowest BCUT2D eigenvalue weighted by molar-refractivity contribution is 0.0683. The zero-order valence-electron chi connectivity index (χ0n) is 14.9. The minimum atomic E-state index is -0.486. The van der Waals surface area contributed by atoms with Crippen LogP contribution >= 0.6 is 0 Å². The van der Waals surface area contributed by atoms with Crippen LogP contribution in [-0.2, 0) is 0 Å². The fourth-order valence-electron chi connectivity index (χ4n) is 3.33. The number of benzene rings is 2. The molecule has 1 atom stereocenters. The number of aliphatic hydroxyl groups excluding tert-OH is 1. The molecule has 0 saturated carbocycles. The average Bonchev–Trinajstić information content (AvgIpc) is 2.68. The van der Waals surface area contributed by atoms with Gasteiger partial charge >= 0.3 is 6.03 Å². The topological polar surface area (TPSA) is 69.6 Å². The predicted octanol–water partition coefficient (Wildman–Crippen LogP) is 3.87. The number of amides is 2. The van der Waals surface area contributed by atoms with Gasteiger partial charge in [0, 0.05) is 24.3 Å². The molecule has 26 heavy (non-hydrogen) atoms. The van der Waals surface area contributed by atoms with Crippen molar-refractivity contribution in [2.75, 3.05) is 18.4 Å². The van der Waals surface area contributed by atoms with E-state index in [1.165, 1.54) is 6.92 Å². The van der Waals surface area contributed by atoms with Crippen molar-refractivity contribution in [1.29, 1.82) is 0 Å². The lowest BCUT2D eigenvalue weighted by atomic mass is 9.87. The molecule has 1 saturated heterocycles. The van der Waals surface area contributed by atoms with E-state index in [0.717, 1.165) is 18.4 Å². The minimum Gasteiger partial charge on any atom is -0.388 e. The molecule has 1 aliphatic heterocycles. The number of carbonyl (C=O) groups excluding carboxylic acids is 2. The van der Waals surface area contributed by atoms with Gasteiger partial charge in [0.25, 0.3) is 0 Å². The lowest BCUT2D eigenvalue weighted by Crippen LogP contribution is -2.42. The van der Waals surface area contributed by atoms with Crippen LogP contribution in [0.1, 0.15) is 41.8 Å². The number of nitrogens with zero attached hydrogens (tertiary/aromatic N) is 1. The molecule has 0 aliphatic carbocycles. The number of likely N-dealkylation sites (tertiary alicyclic amines) is 1. The van der Waals surface area contributed by atoms with Crippen molar-refractivity contribution in [1.82, 2.24) is 4.90 Å². The van der Waals surface area contributed by atoms with Gasteiger partial charge in [-0.1, -0.05) is 30.3 Å². The third kappa shape index (κ3) is 4.29. The molecule has 0 radical (unpaired) electrons. The Morgan fingerprint density at radius 1 is 1.04 bits per heavy atom. The van der Waals surface area contributed by atoms with Gasteiger partial charge in [0.15, 0.2) is 5.78 Å². The summed E-state index contributed by atoms with van der Waals surface area (Å²) in [5.41, 5.74) is 2.23. The predicted molar refractivity (Wildman–Crippen MR) is 101 cm³/mol. The number of aliphatic hydroxyl groups is 1.